The van der Waals surface area contributed by atoms with E-state index in [0.29, 0.717) is 6.07 Å². The van der Waals surface area contributed by atoms with Crippen LogP contribution in [0.15, 0.2) is 18.2 Å². The molecule has 1 heterocycles. The number of halogens is 2. The molecule has 0 aliphatic carbocycles. The van der Waals surface area contributed by atoms with Crippen molar-refractivity contribution in [1.82, 2.24) is 0 Å². The number of hydrogen-bond acceptors (Lipinski definition) is 5. The van der Waals surface area contributed by atoms with Crippen LogP contribution in [0.3, 0.4) is 0 Å². The van der Waals surface area contributed by atoms with Gasteiger partial charge >= 0.3 is 5.97 Å². The van der Waals surface area contributed by atoms with Gasteiger partial charge in [0.05, 0.1) is 23.1 Å². The topological polar surface area (TPSA) is 89.5 Å². The maximum atomic E-state index is 13.4. The first-order chi connectivity index (χ1) is 10.7. The number of esters is 1. The van der Waals surface area contributed by atoms with Crippen LogP contribution in [-0.2, 0) is 24.2 Å². The van der Waals surface area contributed by atoms with Crippen LogP contribution in [-0.4, -0.2) is 37.9 Å². The quantitative estimate of drug-likeness (QED) is 0.829. The largest absolute Gasteiger partial charge is 0.452 e. The van der Waals surface area contributed by atoms with Crippen molar-refractivity contribution >= 4 is 27.4 Å². The fraction of sp³-hybridized carbons (Fsp3) is 0.429. The fourth-order valence-electron chi connectivity index (χ4n) is 2.13. The van der Waals surface area contributed by atoms with E-state index in [1.807, 2.05) is 0 Å². The summed E-state index contributed by atoms with van der Waals surface area (Å²) in [5, 5.41) is 2.17. The van der Waals surface area contributed by atoms with Gasteiger partial charge in [0.1, 0.15) is 11.6 Å². The summed E-state index contributed by atoms with van der Waals surface area (Å²) in [5.41, 5.74) is -0.247. The summed E-state index contributed by atoms with van der Waals surface area (Å²) in [6.45, 7) is 1.28. The number of hydrogen-bond donors (Lipinski definition) is 1. The molecule has 6 nitrogen and oxygen atoms in total. The zero-order valence-corrected chi connectivity index (χ0v) is 13.0. The van der Waals surface area contributed by atoms with E-state index >= 15 is 0 Å². The third-order valence-corrected chi connectivity index (χ3v) is 5.18. The first-order valence-corrected chi connectivity index (χ1v) is 8.67. The molecule has 1 fully saturated rings. The number of amides is 1. The maximum absolute atomic E-state index is 13.4. The van der Waals surface area contributed by atoms with Crippen LogP contribution >= 0.6 is 0 Å². The van der Waals surface area contributed by atoms with E-state index in [1.165, 1.54) is 6.92 Å². The second-order valence-electron chi connectivity index (χ2n) is 5.29. The SMILES string of the molecule is C[C@H](OC(=O)[C@H]1CCS(=O)(=O)C1)C(=O)Nc1ccc(F)cc1F. The molecule has 2 rings (SSSR count). The Hall–Kier alpha value is -2.03. The van der Waals surface area contributed by atoms with Crippen molar-refractivity contribution < 1.29 is 31.5 Å². The number of carbonyl (C=O) groups excluding carboxylic acids is 2. The Morgan fingerprint density at radius 1 is 1.35 bits per heavy atom. The Morgan fingerprint density at radius 2 is 2.04 bits per heavy atom. The summed E-state index contributed by atoms with van der Waals surface area (Å²) in [6.07, 6.45) is -1.09. The van der Waals surface area contributed by atoms with Crippen molar-refractivity contribution in [3.63, 3.8) is 0 Å². The summed E-state index contributed by atoms with van der Waals surface area (Å²) < 4.78 is 53.8. The molecule has 0 radical (unpaired) electrons. The average Bonchev–Trinajstić information content (AvgIpc) is 2.82. The fourth-order valence-corrected chi connectivity index (χ4v) is 3.86. The van der Waals surface area contributed by atoms with Crippen molar-refractivity contribution in [2.45, 2.75) is 19.4 Å². The van der Waals surface area contributed by atoms with Gasteiger partial charge in [0.25, 0.3) is 5.91 Å². The molecule has 1 aromatic carbocycles. The lowest BCUT2D eigenvalue weighted by Gasteiger charge is -2.16. The molecule has 0 spiro atoms. The van der Waals surface area contributed by atoms with E-state index < -0.39 is 45.4 Å². The molecule has 2 atom stereocenters. The summed E-state index contributed by atoms with van der Waals surface area (Å²) in [5.74, 6) is -4.52. The van der Waals surface area contributed by atoms with Crippen molar-refractivity contribution in [1.29, 1.82) is 0 Å². The van der Waals surface area contributed by atoms with E-state index in [4.69, 9.17) is 4.74 Å². The molecule has 1 saturated heterocycles. The lowest BCUT2D eigenvalue weighted by Crippen LogP contribution is -2.32. The van der Waals surface area contributed by atoms with Crippen LogP contribution in [0.2, 0.25) is 0 Å². The van der Waals surface area contributed by atoms with Crippen LogP contribution < -0.4 is 5.32 Å². The van der Waals surface area contributed by atoms with Crippen LogP contribution in [0.4, 0.5) is 14.5 Å². The smallest absolute Gasteiger partial charge is 0.310 e. The van der Waals surface area contributed by atoms with E-state index in [1.54, 1.807) is 0 Å². The molecule has 1 aromatic rings. The van der Waals surface area contributed by atoms with Gasteiger partial charge in [0.2, 0.25) is 0 Å². The van der Waals surface area contributed by atoms with E-state index in [0.717, 1.165) is 12.1 Å². The number of nitrogens with one attached hydrogen (secondary N) is 1. The molecule has 1 amide bonds. The van der Waals surface area contributed by atoms with Crippen LogP contribution in [0.25, 0.3) is 0 Å². The molecule has 9 heteroatoms. The molecular weight excluding hydrogens is 332 g/mol. The molecule has 1 aliphatic heterocycles. The number of carbonyl (C=O) groups is 2. The molecule has 0 aromatic heterocycles. The minimum atomic E-state index is -3.24. The Labute approximate surface area is 131 Å². The van der Waals surface area contributed by atoms with E-state index in [2.05, 4.69) is 5.32 Å². The third kappa shape index (κ3) is 4.47. The summed E-state index contributed by atoms with van der Waals surface area (Å²) in [6, 6.07) is 2.62. The third-order valence-electron chi connectivity index (χ3n) is 3.42. The monoisotopic (exact) mass is 347 g/mol. The highest BCUT2D eigenvalue weighted by Gasteiger charge is 2.35. The zero-order chi connectivity index (χ0) is 17.2. The van der Waals surface area contributed by atoms with Gasteiger partial charge in [-0.25, -0.2) is 17.2 Å². The van der Waals surface area contributed by atoms with Gasteiger partial charge in [-0.05, 0) is 25.5 Å². The predicted octanol–water partition coefficient (Wildman–Crippen LogP) is 1.27. The van der Waals surface area contributed by atoms with Crippen molar-refractivity contribution in [2.75, 3.05) is 16.8 Å². The Morgan fingerprint density at radius 3 is 2.61 bits per heavy atom. The van der Waals surface area contributed by atoms with Gasteiger partial charge in [-0.2, -0.15) is 0 Å². The number of sulfone groups is 1. The van der Waals surface area contributed by atoms with Crippen molar-refractivity contribution in [3.05, 3.63) is 29.8 Å². The molecule has 23 heavy (non-hydrogen) atoms. The minimum Gasteiger partial charge on any atom is -0.452 e. The minimum absolute atomic E-state index is 0.0892. The maximum Gasteiger partial charge on any atom is 0.310 e. The van der Waals surface area contributed by atoms with Gasteiger partial charge in [-0.15, -0.1) is 0 Å². The molecule has 0 unspecified atom stereocenters. The number of ether oxygens (including phenoxy) is 1. The summed E-state index contributed by atoms with van der Waals surface area (Å²) in [7, 11) is -3.24. The van der Waals surface area contributed by atoms with Crippen LogP contribution in [0.1, 0.15) is 13.3 Å². The number of benzene rings is 1. The van der Waals surface area contributed by atoms with Crippen molar-refractivity contribution in [3.8, 4) is 0 Å². The molecular formula is C14H15F2NO5S. The van der Waals surface area contributed by atoms with Crippen molar-refractivity contribution in [2.24, 2.45) is 5.92 Å². The summed E-state index contributed by atoms with van der Waals surface area (Å²) in [4.78, 5) is 23.7. The second kappa shape index (κ2) is 6.61. The first kappa shape index (κ1) is 17.3. The molecule has 0 bridgehead atoms. The standard InChI is InChI=1S/C14H15F2NO5S/c1-8(22-14(19)9-4-5-23(20,21)7-9)13(18)17-12-3-2-10(15)6-11(12)16/h2-3,6,8-9H,4-5,7H2,1H3,(H,17,18)/t8-,9-/m0/s1. The summed E-state index contributed by atoms with van der Waals surface area (Å²) >= 11 is 0. The lowest BCUT2D eigenvalue weighted by molar-refractivity contribution is -0.156. The molecule has 1 aliphatic rings. The lowest BCUT2D eigenvalue weighted by atomic mass is 10.1. The van der Waals surface area contributed by atoms with Gasteiger partial charge < -0.3 is 10.1 Å². The van der Waals surface area contributed by atoms with Crippen LogP contribution in [0.5, 0.6) is 0 Å². The predicted molar refractivity (Wildman–Crippen MR) is 77.3 cm³/mol. The second-order valence-corrected chi connectivity index (χ2v) is 7.52. The van der Waals surface area contributed by atoms with Crippen LogP contribution in [0, 0.1) is 17.6 Å². The van der Waals surface area contributed by atoms with Gasteiger partial charge in [-0.1, -0.05) is 0 Å². The van der Waals surface area contributed by atoms with Gasteiger partial charge in [0, 0.05) is 6.07 Å². The van der Waals surface area contributed by atoms with E-state index in [9.17, 15) is 26.8 Å². The first-order valence-electron chi connectivity index (χ1n) is 6.85. The average molecular weight is 347 g/mol. The molecule has 0 saturated carbocycles. The Bertz CT molecular complexity index is 735. The highest BCUT2D eigenvalue weighted by atomic mass is 32.2. The Balaban J connectivity index is 1.93. The molecule has 1 N–H and O–H groups in total. The van der Waals surface area contributed by atoms with E-state index in [-0.39, 0.29) is 23.6 Å². The number of anilines is 1. The van der Waals surface area contributed by atoms with Gasteiger partial charge in [-0.3, -0.25) is 9.59 Å². The van der Waals surface area contributed by atoms with Gasteiger partial charge in [0.15, 0.2) is 15.9 Å². The highest BCUT2D eigenvalue weighted by molar-refractivity contribution is 7.91. The zero-order valence-electron chi connectivity index (χ0n) is 12.2. The molecule has 126 valence electrons. The Kier molecular flexibility index (Phi) is 4.98. The normalized spacial score (nSPS) is 20.7. The number of rotatable bonds is 4. The highest BCUT2D eigenvalue weighted by Crippen LogP contribution is 2.21.